The summed E-state index contributed by atoms with van der Waals surface area (Å²) < 4.78 is 5.72. The van der Waals surface area contributed by atoms with E-state index in [2.05, 4.69) is 26.1 Å². The molecule has 0 saturated heterocycles. The average molecular weight is 204 g/mol. The van der Waals surface area contributed by atoms with Crippen LogP contribution in [0.25, 0.3) is 0 Å². The van der Waals surface area contributed by atoms with Gasteiger partial charge in [-0.05, 0) is 39.8 Å². The number of rotatable bonds is 7. The third-order valence-corrected chi connectivity index (χ3v) is 3.46. The highest BCUT2D eigenvalue weighted by Gasteiger charge is 2.08. The molecule has 0 aliphatic carbocycles. The van der Waals surface area contributed by atoms with E-state index in [1.54, 1.807) is 0 Å². The summed E-state index contributed by atoms with van der Waals surface area (Å²) in [7, 11) is -0.298. The first-order valence-electron chi connectivity index (χ1n) is 5.11. The lowest BCUT2D eigenvalue weighted by Crippen LogP contribution is -2.25. The van der Waals surface area contributed by atoms with E-state index < -0.39 is 0 Å². The maximum atomic E-state index is 5.72. The van der Waals surface area contributed by atoms with Gasteiger partial charge in [-0.1, -0.05) is 0 Å². The SMILES string of the molecule is CC(C)(C)O[SiH2]CCCNCCN. The average Bonchev–Trinajstić information content (AvgIpc) is 2.01. The molecule has 0 unspecified atom stereocenters. The van der Waals surface area contributed by atoms with Gasteiger partial charge in [0.05, 0.1) is 0 Å². The minimum atomic E-state index is -0.298. The van der Waals surface area contributed by atoms with Gasteiger partial charge in [-0.3, -0.25) is 0 Å². The van der Waals surface area contributed by atoms with Gasteiger partial charge in [0.15, 0.2) is 9.76 Å². The molecule has 0 aliphatic heterocycles. The molecule has 0 amide bonds. The van der Waals surface area contributed by atoms with Crippen molar-refractivity contribution in [2.45, 2.75) is 38.8 Å². The Labute approximate surface area is 84.4 Å². The van der Waals surface area contributed by atoms with E-state index in [9.17, 15) is 0 Å². The molecule has 80 valence electrons. The standard InChI is InChI=1S/C9H24N2OSi/c1-9(2,3)12-13-8-4-6-11-7-5-10/h11H,4-8,10,13H2,1-3H3. The van der Waals surface area contributed by atoms with Crippen LogP contribution in [0.2, 0.25) is 6.04 Å². The molecule has 3 N–H and O–H groups in total. The Hall–Kier alpha value is 0.0969. The lowest BCUT2D eigenvalue weighted by molar-refractivity contribution is 0.138. The van der Waals surface area contributed by atoms with Crippen LogP contribution >= 0.6 is 0 Å². The van der Waals surface area contributed by atoms with E-state index in [1.165, 1.54) is 12.5 Å². The quantitative estimate of drug-likeness (QED) is 0.461. The van der Waals surface area contributed by atoms with Crippen molar-refractivity contribution in [2.24, 2.45) is 5.73 Å². The molecule has 0 bridgehead atoms. The molecule has 0 atom stereocenters. The molecule has 0 aromatic carbocycles. The van der Waals surface area contributed by atoms with Crippen LogP contribution in [-0.4, -0.2) is 35.0 Å². The van der Waals surface area contributed by atoms with Gasteiger partial charge in [-0.2, -0.15) is 0 Å². The van der Waals surface area contributed by atoms with Gasteiger partial charge in [0.25, 0.3) is 0 Å². The lowest BCUT2D eigenvalue weighted by atomic mass is 10.2. The minimum Gasteiger partial charge on any atom is -0.419 e. The fraction of sp³-hybridized carbons (Fsp3) is 1.00. The van der Waals surface area contributed by atoms with Gasteiger partial charge in [0, 0.05) is 18.7 Å². The van der Waals surface area contributed by atoms with Crippen LogP contribution in [0.4, 0.5) is 0 Å². The molecule has 4 heteroatoms. The first-order valence-corrected chi connectivity index (χ1v) is 6.69. The first-order chi connectivity index (χ1) is 6.06. The summed E-state index contributed by atoms with van der Waals surface area (Å²) in [6, 6.07) is 1.26. The summed E-state index contributed by atoms with van der Waals surface area (Å²) in [6.07, 6.45) is 1.22. The van der Waals surface area contributed by atoms with Gasteiger partial charge in [-0.25, -0.2) is 0 Å². The molecule has 0 radical (unpaired) electrons. The van der Waals surface area contributed by atoms with Crippen molar-refractivity contribution in [1.29, 1.82) is 0 Å². The number of nitrogens with one attached hydrogen (secondary N) is 1. The summed E-state index contributed by atoms with van der Waals surface area (Å²) >= 11 is 0. The van der Waals surface area contributed by atoms with Crippen molar-refractivity contribution in [2.75, 3.05) is 19.6 Å². The predicted octanol–water partition coefficient (Wildman–Crippen LogP) is 0.242. The van der Waals surface area contributed by atoms with E-state index in [4.69, 9.17) is 10.2 Å². The summed E-state index contributed by atoms with van der Waals surface area (Å²) in [5.41, 5.74) is 5.41. The van der Waals surface area contributed by atoms with Crippen LogP contribution < -0.4 is 11.1 Å². The largest absolute Gasteiger partial charge is 0.419 e. The second-order valence-corrected chi connectivity index (χ2v) is 5.61. The van der Waals surface area contributed by atoms with Crippen molar-refractivity contribution in [3.63, 3.8) is 0 Å². The van der Waals surface area contributed by atoms with Crippen LogP contribution in [0.15, 0.2) is 0 Å². The van der Waals surface area contributed by atoms with Crippen LogP contribution in [0.3, 0.4) is 0 Å². The molecule has 13 heavy (non-hydrogen) atoms. The summed E-state index contributed by atoms with van der Waals surface area (Å²) in [5.74, 6) is 0. The maximum absolute atomic E-state index is 5.72. The van der Waals surface area contributed by atoms with Crippen LogP contribution in [0, 0.1) is 0 Å². The highest BCUT2D eigenvalue weighted by molar-refractivity contribution is 6.27. The minimum absolute atomic E-state index is 0.0664. The van der Waals surface area contributed by atoms with E-state index in [-0.39, 0.29) is 15.4 Å². The van der Waals surface area contributed by atoms with E-state index in [0.717, 1.165) is 19.6 Å². The van der Waals surface area contributed by atoms with E-state index in [1.807, 2.05) is 0 Å². The molecule has 0 rings (SSSR count). The van der Waals surface area contributed by atoms with Crippen molar-refractivity contribution in [3.8, 4) is 0 Å². The van der Waals surface area contributed by atoms with Gasteiger partial charge < -0.3 is 15.5 Å². The molecular weight excluding hydrogens is 180 g/mol. The fourth-order valence-electron chi connectivity index (χ4n) is 0.957. The first kappa shape index (κ1) is 13.1. The van der Waals surface area contributed by atoms with Crippen molar-refractivity contribution < 1.29 is 4.43 Å². The highest BCUT2D eigenvalue weighted by atomic mass is 28.2. The smallest absolute Gasteiger partial charge is 0.162 e. The van der Waals surface area contributed by atoms with Crippen LogP contribution in [-0.2, 0) is 4.43 Å². The zero-order valence-electron chi connectivity index (χ0n) is 9.23. The second-order valence-electron chi connectivity index (χ2n) is 4.21. The molecule has 0 spiro atoms. The molecule has 0 saturated carbocycles. The van der Waals surface area contributed by atoms with Crippen LogP contribution in [0.1, 0.15) is 27.2 Å². The molecule has 0 heterocycles. The Bertz CT molecular complexity index is 115. The normalized spacial score (nSPS) is 12.9. The molecule has 0 aliphatic rings. The summed E-state index contributed by atoms with van der Waals surface area (Å²) in [4.78, 5) is 0. The topological polar surface area (TPSA) is 47.3 Å². The van der Waals surface area contributed by atoms with Crippen molar-refractivity contribution in [1.82, 2.24) is 5.32 Å². The van der Waals surface area contributed by atoms with Crippen molar-refractivity contribution in [3.05, 3.63) is 0 Å². The van der Waals surface area contributed by atoms with Gasteiger partial charge in [0.1, 0.15) is 0 Å². The van der Waals surface area contributed by atoms with Gasteiger partial charge in [0.2, 0.25) is 0 Å². The molecule has 3 nitrogen and oxygen atoms in total. The van der Waals surface area contributed by atoms with E-state index >= 15 is 0 Å². The van der Waals surface area contributed by atoms with Crippen molar-refractivity contribution >= 4 is 9.76 Å². The Morgan fingerprint density at radius 3 is 2.54 bits per heavy atom. The van der Waals surface area contributed by atoms with E-state index in [0.29, 0.717) is 0 Å². The third-order valence-electron chi connectivity index (χ3n) is 1.60. The molecule has 0 aromatic heterocycles. The van der Waals surface area contributed by atoms with Gasteiger partial charge >= 0.3 is 0 Å². The number of hydrogen-bond acceptors (Lipinski definition) is 3. The molecular formula is C9H24N2OSi. The maximum Gasteiger partial charge on any atom is 0.162 e. The Balaban J connectivity index is 3.00. The van der Waals surface area contributed by atoms with Crippen LogP contribution in [0.5, 0.6) is 0 Å². The Kier molecular flexibility index (Phi) is 7.55. The monoisotopic (exact) mass is 204 g/mol. The lowest BCUT2D eigenvalue weighted by Gasteiger charge is -2.19. The number of hydrogen-bond donors (Lipinski definition) is 2. The molecule has 0 aromatic rings. The summed E-state index contributed by atoms with van der Waals surface area (Å²) in [5, 5.41) is 3.27. The Morgan fingerprint density at radius 2 is 2.00 bits per heavy atom. The summed E-state index contributed by atoms with van der Waals surface area (Å²) in [6.45, 7) is 9.10. The predicted molar refractivity (Wildman–Crippen MR) is 60.7 cm³/mol. The zero-order chi connectivity index (χ0) is 10.2. The zero-order valence-corrected chi connectivity index (χ0v) is 10.6. The fourth-order valence-corrected chi connectivity index (χ4v) is 2.17. The molecule has 0 fully saturated rings. The third kappa shape index (κ3) is 12.1. The Morgan fingerprint density at radius 1 is 1.31 bits per heavy atom. The highest BCUT2D eigenvalue weighted by Crippen LogP contribution is 2.06. The van der Waals surface area contributed by atoms with Gasteiger partial charge in [-0.15, -0.1) is 0 Å². The second kappa shape index (κ2) is 7.50. The number of nitrogens with two attached hydrogens (primary N) is 1.